The van der Waals surface area contributed by atoms with Crippen molar-refractivity contribution < 1.29 is 14.3 Å². The minimum Gasteiger partial charge on any atom is -0.494 e. The van der Waals surface area contributed by atoms with Gasteiger partial charge in [-0.05, 0) is 57.6 Å². The maximum absolute atomic E-state index is 12.8. The van der Waals surface area contributed by atoms with Gasteiger partial charge in [0.1, 0.15) is 11.4 Å². The summed E-state index contributed by atoms with van der Waals surface area (Å²) in [6.07, 6.45) is 1.97. The van der Waals surface area contributed by atoms with E-state index in [1.54, 1.807) is 7.05 Å². The highest BCUT2D eigenvalue weighted by Crippen LogP contribution is 2.33. The van der Waals surface area contributed by atoms with Crippen molar-refractivity contribution in [3.8, 4) is 5.75 Å². The van der Waals surface area contributed by atoms with Gasteiger partial charge in [0, 0.05) is 20.1 Å². The minimum absolute atomic E-state index is 0.222. The van der Waals surface area contributed by atoms with Crippen LogP contribution in [-0.2, 0) is 9.59 Å². The van der Waals surface area contributed by atoms with Crippen LogP contribution >= 0.6 is 0 Å². The van der Waals surface area contributed by atoms with Crippen LogP contribution in [-0.4, -0.2) is 73.4 Å². The lowest BCUT2D eigenvalue weighted by Gasteiger charge is -2.36. The van der Waals surface area contributed by atoms with Crippen molar-refractivity contribution in [1.29, 1.82) is 0 Å². The molecule has 3 rings (SSSR count). The van der Waals surface area contributed by atoms with Crippen LogP contribution in [0.1, 0.15) is 25.3 Å². The first-order valence-corrected chi connectivity index (χ1v) is 9.15. The van der Waals surface area contributed by atoms with Crippen molar-refractivity contribution in [2.24, 2.45) is 0 Å². The quantitative estimate of drug-likeness (QED) is 0.753. The number of carbonyl (C=O) groups is 2. The zero-order valence-electron chi connectivity index (χ0n) is 16.0. The molecule has 2 aliphatic heterocycles. The van der Waals surface area contributed by atoms with Gasteiger partial charge in [0.05, 0.1) is 12.2 Å². The average Bonchev–Trinajstić information content (AvgIpc) is 2.87. The maximum atomic E-state index is 12.8. The van der Waals surface area contributed by atoms with Gasteiger partial charge < -0.3 is 14.5 Å². The Morgan fingerprint density at radius 1 is 1.08 bits per heavy atom. The minimum atomic E-state index is -0.242. The van der Waals surface area contributed by atoms with Crippen LogP contribution in [0.2, 0.25) is 0 Å². The van der Waals surface area contributed by atoms with E-state index in [1.807, 2.05) is 43.1 Å². The van der Waals surface area contributed by atoms with E-state index in [-0.39, 0.29) is 17.9 Å². The molecule has 0 N–H and O–H groups in total. The fraction of sp³-hybridized carbons (Fsp3) is 0.500. The van der Waals surface area contributed by atoms with Crippen LogP contribution in [0.4, 0.5) is 0 Å². The Morgan fingerprint density at radius 3 is 2.27 bits per heavy atom. The number of rotatable bonds is 5. The van der Waals surface area contributed by atoms with E-state index in [2.05, 4.69) is 11.9 Å². The highest BCUT2D eigenvalue weighted by Gasteiger charge is 2.40. The van der Waals surface area contributed by atoms with Gasteiger partial charge >= 0.3 is 0 Å². The summed E-state index contributed by atoms with van der Waals surface area (Å²) in [6, 6.07) is 7.66. The molecule has 0 unspecified atom stereocenters. The molecule has 0 saturated carbocycles. The van der Waals surface area contributed by atoms with Crippen LogP contribution in [0, 0.1) is 0 Å². The lowest BCUT2D eigenvalue weighted by molar-refractivity contribution is -0.136. The average molecular weight is 357 g/mol. The van der Waals surface area contributed by atoms with Crippen molar-refractivity contribution in [3.63, 3.8) is 0 Å². The highest BCUT2D eigenvalue weighted by atomic mass is 16.5. The van der Waals surface area contributed by atoms with Gasteiger partial charge in [0.25, 0.3) is 11.8 Å². The van der Waals surface area contributed by atoms with Gasteiger partial charge in [-0.2, -0.15) is 0 Å². The van der Waals surface area contributed by atoms with E-state index < -0.39 is 0 Å². The second-order valence-corrected chi connectivity index (χ2v) is 7.00. The number of ether oxygens (including phenoxy) is 1. The smallest absolute Gasteiger partial charge is 0.277 e. The summed E-state index contributed by atoms with van der Waals surface area (Å²) in [5.74, 6) is 0.293. The number of likely N-dealkylation sites (N-methyl/N-ethyl adjacent to an activating group) is 2. The highest BCUT2D eigenvalue weighted by molar-refractivity contribution is 6.35. The van der Waals surface area contributed by atoms with Crippen molar-refractivity contribution in [2.45, 2.75) is 25.8 Å². The Morgan fingerprint density at radius 2 is 1.69 bits per heavy atom. The van der Waals surface area contributed by atoms with Gasteiger partial charge in [0.15, 0.2) is 0 Å². The van der Waals surface area contributed by atoms with Crippen molar-refractivity contribution in [1.82, 2.24) is 14.7 Å². The second kappa shape index (κ2) is 7.50. The number of benzene rings is 1. The summed E-state index contributed by atoms with van der Waals surface area (Å²) < 4.78 is 5.48. The van der Waals surface area contributed by atoms with E-state index in [0.29, 0.717) is 17.9 Å². The molecule has 1 saturated heterocycles. The number of imide groups is 1. The third-order valence-corrected chi connectivity index (χ3v) is 5.31. The molecule has 0 spiro atoms. The molecule has 0 aliphatic carbocycles. The van der Waals surface area contributed by atoms with Crippen molar-refractivity contribution >= 4 is 17.4 Å². The summed E-state index contributed by atoms with van der Waals surface area (Å²) in [6.45, 7) is 4.52. The zero-order chi connectivity index (χ0) is 18.8. The summed E-state index contributed by atoms with van der Waals surface area (Å²) in [5.41, 5.74) is 1.75. The van der Waals surface area contributed by atoms with Gasteiger partial charge in [-0.1, -0.05) is 12.1 Å². The third-order valence-electron chi connectivity index (χ3n) is 5.31. The third kappa shape index (κ3) is 3.33. The Bertz CT molecular complexity index is 718. The number of hydrogen-bond donors (Lipinski definition) is 0. The second-order valence-electron chi connectivity index (χ2n) is 7.00. The molecular formula is C20H27N3O3. The van der Waals surface area contributed by atoms with Crippen molar-refractivity contribution in [2.75, 3.05) is 40.8 Å². The molecule has 26 heavy (non-hydrogen) atoms. The molecule has 2 heterocycles. The molecule has 6 heteroatoms. The lowest BCUT2D eigenvalue weighted by atomic mass is 10.00. The number of likely N-dealkylation sites (tertiary alicyclic amines) is 1. The molecule has 140 valence electrons. The zero-order valence-corrected chi connectivity index (χ0v) is 16.0. The number of amides is 2. The molecule has 2 amide bonds. The lowest BCUT2D eigenvalue weighted by Crippen LogP contribution is -2.43. The van der Waals surface area contributed by atoms with Crippen LogP contribution < -0.4 is 4.74 Å². The molecular weight excluding hydrogens is 330 g/mol. The SMILES string of the molecule is CCOc1ccc(C2=C(N(C)C3CCN(C)CC3)C(=O)N(C)C2=O)cc1. The first-order valence-electron chi connectivity index (χ1n) is 9.15. The number of carbonyl (C=O) groups excluding carboxylic acids is 2. The molecule has 1 aromatic rings. The number of nitrogens with zero attached hydrogens (tertiary/aromatic N) is 3. The monoisotopic (exact) mass is 357 g/mol. The van der Waals surface area contributed by atoms with Gasteiger partial charge in [-0.3, -0.25) is 14.5 Å². The fourth-order valence-corrected chi connectivity index (χ4v) is 3.66. The van der Waals surface area contributed by atoms with E-state index in [1.165, 1.54) is 4.90 Å². The van der Waals surface area contributed by atoms with Gasteiger partial charge in [-0.15, -0.1) is 0 Å². The molecule has 0 atom stereocenters. The standard InChI is InChI=1S/C20H27N3O3/c1-5-26-16-8-6-14(7-9-16)17-18(20(25)23(4)19(17)24)22(3)15-10-12-21(2)13-11-15/h6-9,15H,5,10-13H2,1-4H3. The molecule has 1 aromatic carbocycles. The molecule has 0 radical (unpaired) electrons. The van der Waals surface area contributed by atoms with Gasteiger partial charge in [0.2, 0.25) is 0 Å². The van der Waals surface area contributed by atoms with E-state index in [4.69, 9.17) is 4.74 Å². The Balaban J connectivity index is 1.96. The van der Waals surface area contributed by atoms with Crippen LogP contribution in [0.25, 0.3) is 5.57 Å². The molecule has 1 fully saturated rings. The Labute approximate surface area is 155 Å². The van der Waals surface area contributed by atoms with Crippen molar-refractivity contribution in [3.05, 3.63) is 35.5 Å². The Hall–Kier alpha value is -2.34. The van der Waals surface area contributed by atoms with Crippen LogP contribution in [0.5, 0.6) is 5.75 Å². The molecule has 6 nitrogen and oxygen atoms in total. The van der Waals surface area contributed by atoms with E-state index in [9.17, 15) is 9.59 Å². The topological polar surface area (TPSA) is 53.1 Å². The summed E-state index contributed by atoms with van der Waals surface area (Å²) in [4.78, 5) is 31.1. The molecule has 0 bridgehead atoms. The first kappa shape index (κ1) is 18.5. The van der Waals surface area contributed by atoms with Crippen LogP contribution in [0.3, 0.4) is 0 Å². The summed E-state index contributed by atoms with van der Waals surface area (Å²) >= 11 is 0. The normalized spacial score (nSPS) is 19.5. The fourth-order valence-electron chi connectivity index (χ4n) is 3.66. The number of piperidine rings is 1. The predicted octanol–water partition coefficient (Wildman–Crippen LogP) is 1.82. The maximum Gasteiger partial charge on any atom is 0.277 e. The van der Waals surface area contributed by atoms with E-state index in [0.717, 1.165) is 37.2 Å². The first-order chi connectivity index (χ1) is 12.4. The molecule has 2 aliphatic rings. The summed E-state index contributed by atoms with van der Waals surface area (Å²) in [5, 5.41) is 0. The van der Waals surface area contributed by atoms with Gasteiger partial charge in [-0.25, -0.2) is 0 Å². The summed E-state index contributed by atoms with van der Waals surface area (Å²) in [7, 11) is 5.60. The van der Waals surface area contributed by atoms with Crippen LogP contribution in [0.15, 0.2) is 30.0 Å². The largest absolute Gasteiger partial charge is 0.494 e. The predicted molar refractivity (Wildman–Crippen MR) is 101 cm³/mol. The molecule has 0 aromatic heterocycles. The number of hydrogen-bond acceptors (Lipinski definition) is 5. The van der Waals surface area contributed by atoms with E-state index >= 15 is 0 Å². The Kier molecular flexibility index (Phi) is 5.32.